The van der Waals surface area contributed by atoms with Gasteiger partial charge in [-0.2, -0.15) is 0 Å². The number of nitrogens with one attached hydrogen (secondary N) is 1. The molecule has 370 valence electrons. The standard InChI is InChI=1S/C24H22ClFN2O4.C22H24ClFN2O6.C4H10O/c25-19-10-11-21(26)20(12-19)17-8-6-16(7-9-17)13-28(27)14-22(29)24(31)32-15-23(30)18-4-2-1-3-5-18;1-13(2)12-32-22(31)20(28)25-26(11-19(27)21(29)30)10-14-3-5-15(6-4-14)17-9-16(23)7-8-18(17)24;1-4(2)3-5/h1-12,22,29H,13-15,27H2;3-9,13,19,27H,10-12H2,1-2H3,(H,25,28)(H,29,30);4-5H,3H2,1-2H3/t22-;19-;/m11./s1. The van der Waals surface area contributed by atoms with Crippen LogP contribution in [0.25, 0.3) is 22.3 Å². The van der Waals surface area contributed by atoms with E-state index in [1.54, 1.807) is 98.8 Å². The minimum Gasteiger partial charge on any atom is -0.479 e. The summed E-state index contributed by atoms with van der Waals surface area (Å²) in [4.78, 5) is 58.9. The van der Waals surface area contributed by atoms with E-state index < -0.39 is 55.0 Å². The summed E-state index contributed by atoms with van der Waals surface area (Å²) >= 11 is 11.9. The maximum atomic E-state index is 14.1. The first kappa shape index (κ1) is 57.2. The summed E-state index contributed by atoms with van der Waals surface area (Å²) in [6.07, 6.45) is -3.31. The Labute approximate surface area is 408 Å². The van der Waals surface area contributed by atoms with Crippen LogP contribution in [0.2, 0.25) is 10.0 Å². The molecule has 69 heavy (non-hydrogen) atoms. The average Bonchev–Trinajstić information content (AvgIpc) is 3.32. The van der Waals surface area contributed by atoms with Gasteiger partial charge in [0.2, 0.25) is 0 Å². The van der Waals surface area contributed by atoms with Crippen molar-refractivity contribution in [2.45, 2.75) is 53.0 Å². The second kappa shape index (κ2) is 29.0. The molecule has 0 heterocycles. The van der Waals surface area contributed by atoms with Crippen molar-refractivity contribution in [1.82, 2.24) is 15.4 Å². The topological polar surface area (TPSA) is 229 Å². The molecule has 0 saturated heterocycles. The molecule has 19 heteroatoms. The summed E-state index contributed by atoms with van der Waals surface area (Å²) in [6.45, 7) is 6.96. The number of esters is 2. The number of nitrogens with two attached hydrogens (primary N) is 1. The molecule has 15 nitrogen and oxygen atoms in total. The molecule has 5 aromatic carbocycles. The Hall–Kier alpha value is -6.15. The second-order valence-electron chi connectivity index (χ2n) is 16.2. The Bertz CT molecular complexity index is 2450. The Balaban J connectivity index is 0.000000333. The number of benzene rings is 5. The summed E-state index contributed by atoms with van der Waals surface area (Å²) in [5.74, 6) is 0.538. The maximum Gasteiger partial charge on any atom is 0.398 e. The number of hydrogen-bond donors (Lipinski definition) is 6. The lowest BCUT2D eigenvalue weighted by molar-refractivity contribution is -0.159. The van der Waals surface area contributed by atoms with Gasteiger partial charge in [0.25, 0.3) is 0 Å². The van der Waals surface area contributed by atoms with Gasteiger partial charge in [0, 0.05) is 46.4 Å². The van der Waals surface area contributed by atoms with E-state index in [9.17, 15) is 43.0 Å². The molecular formula is C50H56Cl2F2N4O11. The number of hydrazine groups is 2. The number of carbonyl (C=O) groups excluding carboxylic acids is 4. The molecule has 0 aliphatic carbocycles. The van der Waals surface area contributed by atoms with Crippen LogP contribution in [0.4, 0.5) is 8.78 Å². The van der Waals surface area contributed by atoms with E-state index in [-0.39, 0.29) is 43.8 Å². The van der Waals surface area contributed by atoms with Crippen molar-refractivity contribution in [2.24, 2.45) is 17.7 Å². The van der Waals surface area contributed by atoms with E-state index in [1.807, 2.05) is 13.8 Å². The van der Waals surface area contributed by atoms with Crippen LogP contribution in [0.1, 0.15) is 49.2 Å². The molecule has 7 N–H and O–H groups in total. The summed E-state index contributed by atoms with van der Waals surface area (Å²) < 4.78 is 37.8. The quantitative estimate of drug-likeness (QED) is 0.0163. The Morgan fingerprint density at radius 3 is 1.64 bits per heavy atom. The number of amides is 1. The van der Waals surface area contributed by atoms with Crippen molar-refractivity contribution < 1.29 is 62.7 Å². The Morgan fingerprint density at radius 2 is 1.17 bits per heavy atom. The third kappa shape index (κ3) is 20.5. The van der Waals surface area contributed by atoms with Crippen LogP contribution >= 0.6 is 23.2 Å². The first-order chi connectivity index (χ1) is 32.7. The number of carbonyl (C=O) groups is 5. The average molecular weight is 998 g/mol. The van der Waals surface area contributed by atoms with Crippen LogP contribution in [0, 0.1) is 23.5 Å². The molecule has 0 bridgehead atoms. The van der Waals surface area contributed by atoms with Crippen LogP contribution in [0.5, 0.6) is 0 Å². The number of carboxylic acid groups (broad SMARTS) is 1. The largest absolute Gasteiger partial charge is 0.479 e. The van der Waals surface area contributed by atoms with Gasteiger partial charge in [0.1, 0.15) is 11.6 Å². The van der Waals surface area contributed by atoms with Crippen molar-refractivity contribution in [3.63, 3.8) is 0 Å². The first-order valence-corrected chi connectivity index (χ1v) is 22.2. The summed E-state index contributed by atoms with van der Waals surface area (Å²) in [5, 5.41) is 40.0. The number of rotatable bonds is 19. The molecule has 0 aliphatic rings. The normalized spacial score (nSPS) is 11.8. The smallest absolute Gasteiger partial charge is 0.398 e. The lowest BCUT2D eigenvalue weighted by atomic mass is 10.0. The molecular weight excluding hydrogens is 941 g/mol. The van der Waals surface area contributed by atoms with E-state index >= 15 is 0 Å². The first-order valence-electron chi connectivity index (χ1n) is 21.4. The van der Waals surface area contributed by atoms with Crippen molar-refractivity contribution in [2.75, 3.05) is 32.9 Å². The van der Waals surface area contributed by atoms with Crippen molar-refractivity contribution in [1.29, 1.82) is 0 Å². The molecule has 2 atom stereocenters. The van der Waals surface area contributed by atoms with Crippen LogP contribution < -0.4 is 11.3 Å². The highest BCUT2D eigenvalue weighted by Gasteiger charge is 2.24. The predicted molar refractivity (Wildman–Crippen MR) is 256 cm³/mol. The number of aliphatic carboxylic acids is 1. The van der Waals surface area contributed by atoms with E-state index in [0.29, 0.717) is 56.0 Å². The van der Waals surface area contributed by atoms with E-state index in [0.717, 1.165) is 10.6 Å². The third-order valence-electron chi connectivity index (χ3n) is 9.30. The monoisotopic (exact) mass is 996 g/mol. The fourth-order valence-corrected chi connectivity index (χ4v) is 6.05. The summed E-state index contributed by atoms with van der Waals surface area (Å²) in [7, 11) is 0. The third-order valence-corrected chi connectivity index (χ3v) is 9.77. The van der Waals surface area contributed by atoms with Gasteiger partial charge in [-0.15, -0.1) is 0 Å². The van der Waals surface area contributed by atoms with Gasteiger partial charge < -0.3 is 29.9 Å². The zero-order valence-electron chi connectivity index (χ0n) is 38.4. The zero-order valence-corrected chi connectivity index (χ0v) is 39.9. The number of carboxylic acids is 1. The number of ketones is 1. The minimum absolute atomic E-state index is 0.0273. The SMILES string of the molecule is CC(C)CO.CC(C)COC(=O)C(=O)NN(Cc1ccc(-c2cc(Cl)ccc2F)cc1)C[C@@H](O)C(=O)O.NN(Cc1ccc(-c2cc(Cl)ccc2F)cc1)C[C@@H](O)C(=O)OCC(=O)c1ccccc1. The second-order valence-corrected chi connectivity index (χ2v) is 17.1. The molecule has 0 unspecified atom stereocenters. The lowest BCUT2D eigenvalue weighted by Gasteiger charge is -2.24. The van der Waals surface area contributed by atoms with Crippen molar-refractivity contribution >= 4 is 52.8 Å². The van der Waals surface area contributed by atoms with Gasteiger partial charge in [-0.05, 0) is 70.5 Å². The van der Waals surface area contributed by atoms with Gasteiger partial charge in [0.15, 0.2) is 24.6 Å². The number of nitrogens with zero attached hydrogens (tertiary/aromatic N) is 2. The highest BCUT2D eigenvalue weighted by molar-refractivity contribution is 6.32. The Morgan fingerprint density at radius 1 is 0.681 bits per heavy atom. The molecule has 5 aromatic rings. The van der Waals surface area contributed by atoms with Crippen LogP contribution in [0.15, 0.2) is 115 Å². The van der Waals surface area contributed by atoms with Gasteiger partial charge >= 0.3 is 23.8 Å². The summed E-state index contributed by atoms with van der Waals surface area (Å²) in [6, 6.07) is 30.5. The van der Waals surface area contributed by atoms with Gasteiger partial charge in [0.05, 0.1) is 19.7 Å². The van der Waals surface area contributed by atoms with Gasteiger partial charge in [-0.25, -0.2) is 33.2 Å². The fourth-order valence-electron chi connectivity index (χ4n) is 5.71. The van der Waals surface area contributed by atoms with E-state index in [1.165, 1.54) is 35.3 Å². The van der Waals surface area contributed by atoms with Crippen molar-refractivity contribution in [3.05, 3.63) is 154 Å². The zero-order chi connectivity index (χ0) is 51.2. The molecule has 0 spiro atoms. The molecule has 0 fully saturated rings. The number of ether oxygens (including phenoxy) is 2. The molecule has 0 saturated carbocycles. The number of aliphatic hydroxyl groups excluding tert-OH is 3. The highest BCUT2D eigenvalue weighted by atomic mass is 35.5. The number of halogens is 4. The van der Waals surface area contributed by atoms with Crippen molar-refractivity contribution in [3.8, 4) is 22.3 Å². The van der Waals surface area contributed by atoms with Crippen LogP contribution in [-0.2, 0) is 41.7 Å². The fraction of sp³-hybridized carbons (Fsp3) is 0.300. The molecule has 1 amide bonds. The van der Waals surface area contributed by atoms with Gasteiger partial charge in [-0.1, -0.05) is 130 Å². The van der Waals surface area contributed by atoms with Crippen LogP contribution in [-0.4, -0.2) is 105 Å². The minimum atomic E-state index is -1.80. The van der Waals surface area contributed by atoms with Gasteiger partial charge in [-0.3, -0.25) is 20.9 Å². The number of hydrogen-bond acceptors (Lipinski definition) is 13. The Kier molecular flexibility index (Phi) is 24.0. The number of Topliss-reactive ketones (excluding diaryl/α,β-unsaturated/α-hetero) is 1. The van der Waals surface area contributed by atoms with E-state index in [2.05, 4.69) is 5.43 Å². The predicted octanol–water partition coefficient (Wildman–Crippen LogP) is 6.87. The molecule has 0 radical (unpaired) electrons. The van der Waals surface area contributed by atoms with E-state index in [4.69, 9.17) is 48.7 Å². The lowest BCUT2D eigenvalue weighted by Crippen LogP contribution is -2.49. The summed E-state index contributed by atoms with van der Waals surface area (Å²) in [5.41, 5.74) is 5.98. The molecule has 0 aliphatic heterocycles. The van der Waals surface area contributed by atoms with Crippen LogP contribution in [0.3, 0.4) is 0 Å². The maximum absolute atomic E-state index is 14.1. The highest BCUT2D eigenvalue weighted by Crippen LogP contribution is 2.28. The molecule has 0 aromatic heterocycles. The molecule has 5 rings (SSSR count). The number of aliphatic hydroxyl groups is 3.